The number of hydrogen-bond donors (Lipinski definition) is 1. The van der Waals surface area contributed by atoms with Crippen molar-refractivity contribution >= 4 is 15.8 Å². The zero-order valence-electron chi connectivity index (χ0n) is 9.52. The summed E-state index contributed by atoms with van der Waals surface area (Å²) in [6, 6.07) is 0. The molecular weight excluding hydrogens is 228 g/mol. The summed E-state index contributed by atoms with van der Waals surface area (Å²) in [7, 11) is -2.91. The number of carbonyl (C=O) groups is 1. The Morgan fingerprint density at radius 1 is 1.12 bits per heavy atom. The molecule has 0 bridgehead atoms. The van der Waals surface area contributed by atoms with Crippen LogP contribution >= 0.6 is 0 Å². The minimum Gasteiger partial charge on any atom is -0.481 e. The van der Waals surface area contributed by atoms with Crippen LogP contribution in [0.25, 0.3) is 0 Å². The van der Waals surface area contributed by atoms with Crippen molar-refractivity contribution in [2.24, 2.45) is 0 Å². The SMILES string of the molecule is O=C(O)CCCCCS(=O)(=O)C1CCCC1. The molecule has 94 valence electrons. The van der Waals surface area contributed by atoms with Crippen molar-refractivity contribution in [3.63, 3.8) is 0 Å². The third-order valence-corrected chi connectivity index (χ3v) is 5.47. The molecule has 1 N–H and O–H groups in total. The maximum Gasteiger partial charge on any atom is 0.303 e. The Balaban J connectivity index is 2.18. The Kier molecular flexibility index (Phi) is 5.25. The first-order chi connectivity index (χ1) is 7.52. The van der Waals surface area contributed by atoms with Gasteiger partial charge in [0.2, 0.25) is 0 Å². The fourth-order valence-corrected chi connectivity index (χ4v) is 4.16. The molecule has 1 saturated carbocycles. The first kappa shape index (κ1) is 13.5. The van der Waals surface area contributed by atoms with Crippen LogP contribution < -0.4 is 0 Å². The lowest BCUT2D eigenvalue weighted by Crippen LogP contribution is -2.20. The van der Waals surface area contributed by atoms with Crippen LogP contribution in [0.5, 0.6) is 0 Å². The van der Waals surface area contributed by atoms with Crippen molar-refractivity contribution < 1.29 is 18.3 Å². The molecule has 0 heterocycles. The summed E-state index contributed by atoms with van der Waals surface area (Å²) in [4.78, 5) is 10.3. The van der Waals surface area contributed by atoms with Gasteiger partial charge in [-0.25, -0.2) is 8.42 Å². The number of sulfone groups is 1. The van der Waals surface area contributed by atoms with E-state index in [1.807, 2.05) is 0 Å². The normalized spacial score (nSPS) is 17.8. The summed E-state index contributed by atoms with van der Waals surface area (Å²) in [5.41, 5.74) is 0. The molecule has 4 nitrogen and oxygen atoms in total. The number of aliphatic carboxylic acids is 1. The molecule has 0 aromatic heterocycles. The maximum atomic E-state index is 11.8. The summed E-state index contributed by atoms with van der Waals surface area (Å²) in [5.74, 6) is -0.573. The zero-order chi connectivity index (χ0) is 12.0. The molecule has 0 saturated heterocycles. The van der Waals surface area contributed by atoms with Gasteiger partial charge in [-0.1, -0.05) is 19.3 Å². The average Bonchev–Trinajstić information content (AvgIpc) is 2.69. The highest BCUT2D eigenvalue weighted by atomic mass is 32.2. The fraction of sp³-hybridized carbons (Fsp3) is 0.909. The molecule has 1 aliphatic carbocycles. The summed E-state index contributed by atoms with van der Waals surface area (Å²) in [6.07, 6.45) is 5.71. The van der Waals surface area contributed by atoms with Crippen LogP contribution in [0.15, 0.2) is 0 Å². The molecule has 0 aliphatic heterocycles. The molecule has 0 aromatic rings. The van der Waals surface area contributed by atoms with E-state index in [0.29, 0.717) is 19.3 Å². The van der Waals surface area contributed by atoms with Gasteiger partial charge in [0, 0.05) is 6.42 Å². The average molecular weight is 248 g/mol. The summed E-state index contributed by atoms with van der Waals surface area (Å²) in [5, 5.41) is 8.31. The second-order valence-corrected chi connectivity index (χ2v) is 6.88. The molecular formula is C11H20O4S. The predicted octanol–water partition coefficient (Wildman–Crippen LogP) is 1.99. The van der Waals surface area contributed by atoms with E-state index in [2.05, 4.69) is 0 Å². The van der Waals surface area contributed by atoms with Gasteiger partial charge in [-0.3, -0.25) is 4.79 Å². The molecule has 0 unspecified atom stereocenters. The summed E-state index contributed by atoms with van der Waals surface area (Å²) >= 11 is 0. The van der Waals surface area contributed by atoms with Crippen LogP contribution in [-0.2, 0) is 14.6 Å². The minimum absolute atomic E-state index is 0.119. The molecule has 0 spiro atoms. The Morgan fingerprint density at radius 3 is 2.31 bits per heavy atom. The van der Waals surface area contributed by atoms with Gasteiger partial charge in [0.25, 0.3) is 0 Å². The maximum absolute atomic E-state index is 11.8. The fourth-order valence-electron chi connectivity index (χ4n) is 2.17. The highest BCUT2D eigenvalue weighted by Gasteiger charge is 2.27. The Bertz CT molecular complexity index is 315. The van der Waals surface area contributed by atoms with Gasteiger partial charge >= 0.3 is 5.97 Å². The largest absolute Gasteiger partial charge is 0.481 e. The summed E-state index contributed by atoms with van der Waals surface area (Å²) in [6.45, 7) is 0. The number of carboxylic acids is 1. The lowest BCUT2D eigenvalue weighted by molar-refractivity contribution is -0.137. The van der Waals surface area contributed by atoms with Crippen LogP contribution in [0.3, 0.4) is 0 Å². The molecule has 5 heteroatoms. The second-order valence-electron chi connectivity index (χ2n) is 4.48. The van der Waals surface area contributed by atoms with E-state index in [1.165, 1.54) is 0 Å². The van der Waals surface area contributed by atoms with E-state index in [9.17, 15) is 13.2 Å². The van der Waals surface area contributed by atoms with Crippen molar-refractivity contribution in [2.75, 3.05) is 5.75 Å². The Hall–Kier alpha value is -0.580. The highest BCUT2D eigenvalue weighted by Crippen LogP contribution is 2.25. The lowest BCUT2D eigenvalue weighted by atomic mass is 10.2. The van der Waals surface area contributed by atoms with Gasteiger partial charge in [0.1, 0.15) is 0 Å². The zero-order valence-corrected chi connectivity index (χ0v) is 10.3. The molecule has 0 amide bonds. The van der Waals surface area contributed by atoms with E-state index in [1.54, 1.807) is 0 Å². The standard InChI is InChI=1S/C11H20O4S/c12-11(13)8-2-1-5-9-16(14,15)10-6-3-4-7-10/h10H,1-9H2,(H,12,13). The van der Waals surface area contributed by atoms with Crippen LogP contribution in [0, 0.1) is 0 Å². The molecule has 0 aromatic carbocycles. The van der Waals surface area contributed by atoms with E-state index in [4.69, 9.17) is 5.11 Å². The first-order valence-electron chi connectivity index (χ1n) is 5.96. The highest BCUT2D eigenvalue weighted by molar-refractivity contribution is 7.92. The van der Waals surface area contributed by atoms with E-state index >= 15 is 0 Å². The van der Waals surface area contributed by atoms with Gasteiger partial charge in [-0.2, -0.15) is 0 Å². The number of rotatable bonds is 7. The number of unbranched alkanes of at least 4 members (excludes halogenated alkanes) is 2. The topological polar surface area (TPSA) is 71.4 Å². The van der Waals surface area contributed by atoms with Gasteiger partial charge in [-0.05, 0) is 25.7 Å². The van der Waals surface area contributed by atoms with Gasteiger partial charge in [-0.15, -0.1) is 0 Å². The van der Waals surface area contributed by atoms with E-state index in [-0.39, 0.29) is 17.4 Å². The number of carboxylic acid groups (broad SMARTS) is 1. The van der Waals surface area contributed by atoms with Crippen molar-refractivity contribution in [2.45, 2.75) is 56.6 Å². The molecule has 1 rings (SSSR count). The lowest BCUT2D eigenvalue weighted by Gasteiger charge is -2.10. The van der Waals surface area contributed by atoms with Crippen molar-refractivity contribution in [1.29, 1.82) is 0 Å². The molecule has 0 atom stereocenters. The number of hydrogen-bond acceptors (Lipinski definition) is 3. The quantitative estimate of drug-likeness (QED) is 0.699. The van der Waals surface area contributed by atoms with Gasteiger partial charge < -0.3 is 5.11 Å². The van der Waals surface area contributed by atoms with Crippen LogP contribution in [0.4, 0.5) is 0 Å². The molecule has 0 radical (unpaired) electrons. The Morgan fingerprint density at radius 2 is 1.75 bits per heavy atom. The van der Waals surface area contributed by atoms with E-state index in [0.717, 1.165) is 25.7 Å². The molecule has 1 fully saturated rings. The molecule has 1 aliphatic rings. The van der Waals surface area contributed by atoms with Crippen molar-refractivity contribution in [3.8, 4) is 0 Å². The van der Waals surface area contributed by atoms with Crippen LogP contribution in [0.2, 0.25) is 0 Å². The predicted molar refractivity (Wildman–Crippen MR) is 62.1 cm³/mol. The van der Waals surface area contributed by atoms with Gasteiger partial charge in [0.15, 0.2) is 9.84 Å². The summed E-state index contributed by atoms with van der Waals surface area (Å²) < 4.78 is 23.6. The first-order valence-corrected chi connectivity index (χ1v) is 7.67. The van der Waals surface area contributed by atoms with E-state index < -0.39 is 15.8 Å². The van der Waals surface area contributed by atoms with Crippen LogP contribution in [-0.4, -0.2) is 30.5 Å². The second kappa shape index (κ2) is 6.23. The van der Waals surface area contributed by atoms with Gasteiger partial charge in [0.05, 0.1) is 11.0 Å². The van der Waals surface area contributed by atoms with Crippen molar-refractivity contribution in [1.82, 2.24) is 0 Å². The monoisotopic (exact) mass is 248 g/mol. The minimum atomic E-state index is -2.91. The van der Waals surface area contributed by atoms with Crippen LogP contribution in [0.1, 0.15) is 51.4 Å². The third-order valence-electron chi connectivity index (χ3n) is 3.13. The smallest absolute Gasteiger partial charge is 0.303 e. The third kappa shape index (κ3) is 4.51. The van der Waals surface area contributed by atoms with Crippen molar-refractivity contribution in [3.05, 3.63) is 0 Å². The molecule has 16 heavy (non-hydrogen) atoms. The Labute approximate surface area is 97.0 Å².